The van der Waals surface area contributed by atoms with E-state index >= 15 is 0 Å². The highest BCUT2D eigenvalue weighted by Crippen LogP contribution is 2.62. The summed E-state index contributed by atoms with van der Waals surface area (Å²) in [5.74, 6) is 0. The molecule has 0 amide bonds. The number of hydrogen-bond acceptors (Lipinski definition) is 4. The topological polar surface area (TPSA) is 44.8 Å². The zero-order valence-corrected chi connectivity index (χ0v) is 14.1. The molecule has 0 unspecified atom stereocenters. The minimum absolute atomic E-state index is 0.114. The Morgan fingerprint density at radius 2 is 1.90 bits per heavy atom. The summed E-state index contributed by atoms with van der Waals surface area (Å²) in [7, 11) is -4.48. The van der Waals surface area contributed by atoms with Crippen LogP contribution in [0.15, 0.2) is 23.2 Å². The Morgan fingerprint density at radius 3 is 2.35 bits per heavy atom. The predicted molar refractivity (Wildman–Crippen MR) is 78.4 cm³/mol. The maximum absolute atomic E-state index is 13.8. The van der Waals surface area contributed by atoms with Crippen LogP contribution < -0.4 is 0 Å². The summed E-state index contributed by atoms with van der Waals surface area (Å²) in [6, 6.07) is 0. The van der Waals surface area contributed by atoms with Crippen molar-refractivity contribution >= 4 is 23.5 Å². The van der Waals surface area contributed by atoms with Crippen LogP contribution in [-0.2, 0) is 18.3 Å². The summed E-state index contributed by atoms with van der Waals surface area (Å²) in [6.45, 7) is 6.86. The van der Waals surface area contributed by atoms with Crippen LogP contribution in [0.5, 0.6) is 0 Å². The van der Waals surface area contributed by atoms with Gasteiger partial charge in [-0.25, -0.2) is 0 Å². The fourth-order valence-electron chi connectivity index (χ4n) is 1.20. The molecule has 0 heterocycles. The van der Waals surface area contributed by atoms with E-state index in [1.165, 1.54) is 19.9 Å². The van der Waals surface area contributed by atoms with E-state index in [0.29, 0.717) is 17.2 Å². The average Bonchev–Trinajstić information content (AvgIpc) is 2.33. The molecule has 0 saturated heterocycles. The Hall–Kier alpha value is -0.0700. The van der Waals surface area contributed by atoms with E-state index in [2.05, 4.69) is 31.6 Å². The van der Waals surface area contributed by atoms with Gasteiger partial charge in [0.15, 0.2) is 0 Å². The molecule has 0 aliphatic heterocycles. The second-order valence-corrected chi connectivity index (χ2v) is 6.91. The summed E-state index contributed by atoms with van der Waals surface area (Å²) in [5.41, 5.74) is -3.65. The van der Waals surface area contributed by atoms with Crippen LogP contribution >= 0.6 is 23.5 Å². The van der Waals surface area contributed by atoms with E-state index in [1.54, 1.807) is 0 Å². The molecule has 0 spiro atoms. The first-order valence-electron chi connectivity index (χ1n) is 6.14. The molecule has 0 fully saturated rings. The third kappa shape index (κ3) is 7.09. The van der Waals surface area contributed by atoms with Crippen LogP contribution in [0.4, 0.5) is 8.78 Å². The number of ether oxygens (including phenoxy) is 1. The molecule has 0 aromatic rings. The molecule has 0 N–H and O–H groups in total. The van der Waals surface area contributed by atoms with Crippen LogP contribution in [0.25, 0.3) is 0 Å². The first-order chi connectivity index (χ1) is 9.29. The van der Waals surface area contributed by atoms with Crippen molar-refractivity contribution in [3.05, 3.63) is 23.2 Å². The third-order valence-electron chi connectivity index (χ3n) is 1.97. The fraction of sp³-hybridized carbons (Fsp3) is 0.667. The number of allylic oxidation sites excluding steroid dienone is 1. The highest BCUT2D eigenvalue weighted by molar-refractivity contribution is 9.11. The van der Waals surface area contributed by atoms with E-state index in [0.717, 1.165) is 0 Å². The predicted octanol–water partition coefficient (Wildman–Crippen LogP) is 4.72. The molecule has 0 rings (SSSR count). The summed E-state index contributed by atoms with van der Waals surface area (Å²) in [4.78, 5) is 0. The third-order valence-corrected chi connectivity index (χ3v) is 4.27. The van der Waals surface area contributed by atoms with Crippen molar-refractivity contribution in [1.82, 2.24) is 0 Å². The van der Waals surface area contributed by atoms with E-state index in [9.17, 15) is 13.3 Å². The summed E-state index contributed by atoms with van der Waals surface area (Å²) >= 11 is 3.11. The van der Waals surface area contributed by atoms with Gasteiger partial charge in [-0.3, -0.25) is 4.57 Å². The molecule has 0 aromatic heterocycles. The summed E-state index contributed by atoms with van der Waals surface area (Å²) in [5, 5.41) is 0. The lowest BCUT2D eigenvalue weighted by molar-refractivity contribution is 0.0788. The molecule has 0 aliphatic rings. The van der Waals surface area contributed by atoms with Gasteiger partial charge in [0.1, 0.15) is 0 Å². The fourth-order valence-corrected chi connectivity index (χ4v) is 2.75. The van der Waals surface area contributed by atoms with Gasteiger partial charge in [-0.05, 0) is 26.3 Å². The Kier molecular flexibility index (Phi) is 9.76. The number of hydrogen-bond donors (Lipinski definition) is 0. The van der Waals surface area contributed by atoms with Gasteiger partial charge in [-0.15, -0.1) is 0 Å². The molecular formula is C12H20BrF2O4P. The second-order valence-electron chi connectivity index (χ2n) is 3.68. The molecule has 0 radical (unpaired) electrons. The van der Waals surface area contributed by atoms with Crippen molar-refractivity contribution in [3.63, 3.8) is 0 Å². The van der Waals surface area contributed by atoms with Crippen LogP contribution in [0, 0.1) is 0 Å². The molecule has 0 atom stereocenters. The SMILES string of the molecule is C=C(Br)COCC/C=C/C(F)(F)P(=O)(OCC)OCC. The highest BCUT2D eigenvalue weighted by Gasteiger charge is 2.51. The average molecular weight is 377 g/mol. The largest absolute Gasteiger partial charge is 0.403 e. The van der Waals surface area contributed by atoms with Gasteiger partial charge in [0.2, 0.25) is 0 Å². The first kappa shape index (κ1) is 19.9. The number of rotatable bonds is 11. The maximum Gasteiger partial charge on any atom is 0.403 e. The van der Waals surface area contributed by atoms with Crippen molar-refractivity contribution in [2.45, 2.75) is 25.9 Å². The van der Waals surface area contributed by atoms with Crippen molar-refractivity contribution in [2.75, 3.05) is 26.4 Å². The van der Waals surface area contributed by atoms with Crippen molar-refractivity contribution in [3.8, 4) is 0 Å². The second kappa shape index (κ2) is 9.79. The van der Waals surface area contributed by atoms with Crippen molar-refractivity contribution < 1.29 is 27.1 Å². The Morgan fingerprint density at radius 1 is 1.35 bits per heavy atom. The lowest BCUT2D eigenvalue weighted by Crippen LogP contribution is -2.17. The van der Waals surface area contributed by atoms with Gasteiger partial charge >= 0.3 is 13.3 Å². The van der Waals surface area contributed by atoms with Crippen LogP contribution in [-0.4, -0.2) is 32.1 Å². The smallest absolute Gasteiger partial charge is 0.376 e. The van der Waals surface area contributed by atoms with E-state index < -0.39 is 13.3 Å². The number of halogens is 3. The van der Waals surface area contributed by atoms with Crippen LogP contribution in [0.2, 0.25) is 0 Å². The molecule has 0 aromatic carbocycles. The van der Waals surface area contributed by atoms with E-state index in [1.807, 2.05) is 0 Å². The Bertz CT molecular complexity index is 364. The van der Waals surface area contributed by atoms with Gasteiger partial charge < -0.3 is 13.8 Å². The van der Waals surface area contributed by atoms with Gasteiger partial charge in [-0.2, -0.15) is 8.78 Å². The van der Waals surface area contributed by atoms with Crippen molar-refractivity contribution in [2.24, 2.45) is 0 Å². The summed E-state index contributed by atoms with van der Waals surface area (Å²) in [6.07, 6.45) is 2.00. The Balaban J connectivity index is 4.45. The molecule has 8 heteroatoms. The van der Waals surface area contributed by atoms with E-state index in [4.69, 9.17) is 4.74 Å². The van der Waals surface area contributed by atoms with E-state index in [-0.39, 0.29) is 26.2 Å². The quantitative estimate of drug-likeness (QED) is 0.297. The monoisotopic (exact) mass is 376 g/mol. The molecular weight excluding hydrogens is 357 g/mol. The standard InChI is InChI=1S/C12H20BrF2O4P/c1-4-18-20(16,19-5-2)12(14,15)8-6-7-9-17-10-11(3)13/h6,8H,3-5,7,9-10H2,1-2H3/b8-6+. The first-order valence-corrected chi connectivity index (χ1v) is 8.48. The Labute approximate surface area is 126 Å². The molecule has 118 valence electrons. The minimum Gasteiger partial charge on any atom is -0.376 e. The van der Waals surface area contributed by atoms with Crippen LogP contribution in [0.3, 0.4) is 0 Å². The molecule has 20 heavy (non-hydrogen) atoms. The normalized spacial score (nSPS) is 13.1. The molecule has 4 nitrogen and oxygen atoms in total. The van der Waals surface area contributed by atoms with Gasteiger partial charge in [0.05, 0.1) is 26.4 Å². The lowest BCUT2D eigenvalue weighted by atomic mass is 10.4. The van der Waals surface area contributed by atoms with Crippen LogP contribution in [0.1, 0.15) is 20.3 Å². The molecule has 0 aliphatic carbocycles. The highest BCUT2D eigenvalue weighted by atomic mass is 79.9. The molecule has 0 saturated carbocycles. The van der Waals surface area contributed by atoms with Gasteiger partial charge in [0, 0.05) is 4.48 Å². The maximum atomic E-state index is 13.8. The minimum atomic E-state index is -4.48. The summed E-state index contributed by atoms with van der Waals surface area (Å²) < 4.78 is 54.6. The van der Waals surface area contributed by atoms with Gasteiger partial charge in [0.25, 0.3) is 0 Å². The van der Waals surface area contributed by atoms with Crippen molar-refractivity contribution in [1.29, 1.82) is 0 Å². The zero-order chi connectivity index (χ0) is 15.6. The van der Waals surface area contributed by atoms with Gasteiger partial charge in [-0.1, -0.05) is 28.6 Å². The lowest BCUT2D eigenvalue weighted by Gasteiger charge is -2.23. The molecule has 0 bridgehead atoms. The number of alkyl halides is 2. The zero-order valence-electron chi connectivity index (χ0n) is 11.6.